The van der Waals surface area contributed by atoms with Crippen molar-refractivity contribution in [3.63, 3.8) is 0 Å². The molecule has 6 nitrogen and oxygen atoms in total. The van der Waals surface area contributed by atoms with E-state index in [0.29, 0.717) is 6.04 Å². The van der Waals surface area contributed by atoms with Crippen LogP contribution in [0.1, 0.15) is 24.1 Å². The van der Waals surface area contributed by atoms with Crippen molar-refractivity contribution in [1.29, 1.82) is 0 Å². The molecule has 1 aromatic heterocycles. The highest BCUT2D eigenvalue weighted by Gasteiger charge is 2.24. The Morgan fingerprint density at radius 1 is 1.11 bits per heavy atom. The second-order valence-corrected chi connectivity index (χ2v) is 9.33. The average Bonchev–Trinajstić information content (AvgIpc) is 3.15. The van der Waals surface area contributed by atoms with E-state index in [-0.39, 0.29) is 4.90 Å². The molecule has 0 bridgehead atoms. The molecule has 7 heteroatoms. The Bertz CT molecular complexity index is 937. The molecule has 3 heterocycles. The minimum absolute atomic E-state index is 0.272. The molecule has 27 heavy (non-hydrogen) atoms. The number of fused-ring (bicyclic) bond motifs is 1. The van der Waals surface area contributed by atoms with Crippen LogP contribution < -0.4 is 9.64 Å². The second-order valence-electron chi connectivity index (χ2n) is 7.32. The number of piperazine rings is 1. The maximum Gasteiger partial charge on any atom is 0.177 e. The van der Waals surface area contributed by atoms with Crippen LogP contribution >= 0.6 is 0 Å². The zero-order chi connectivity index (χ0) is 19.0. The third kappa shape index (κ3) is 3.80. The molecule has 2 aliphatic heterocycles. The maximum atomic E-state index is 11.8. The molecule has 0 amide bonds. The quantitative estimate of drug-likeness (QED) is 0.802. The summed E-state index contributed by atoms with van der Waals surface area (Å²) in [6.07, 6.45) is 5.37. The first-order valence-corrected chi connectivity index (χ1v) is 11.2. The number of benzene rings is 1. The fourth-order valence-corrected chi connectivity index (χ4v) is 4.39. The van der Waals surface area contributed by atoms with Gasteiger partial charge < -0.3 is 9.64 Å². The van der Waals surface area contributed by atoms with E-state index in [1.54, 1.807) is 12.3 Å². The molecule has 0 aliphatic carbocycles. The van der Waals surface area contributed by atoms with Crippen molar-refractivity contribution in [3.8, 4) is 5.75 Å². The molecule has 0 saturated carbocycles. The summed E-state index contributed by atoms with van der Waals surface area (Å²) in [6, 6.07) is 8.62. The normalized spacial score (nSPS) is 18.8. The monoisotopic (exact) mass is 387 g/mol. The molecule has 1 atom stereocenters. The zero-order valence-electron chi connectivity index (χ0n) is 15.8. The predicted octanol–water partition coefficient (Wildman–Crippen LogP) is 2.30. The van der Waals surface area contributed by atoms with Gasteiger partial charge in [-0.25, -0.2) is 8.42 Å². The van der Waals surface area contributed by atoms with Gasteiger partial charge in [-0.1, -0.05) is 12.1 Å². The van der Waals surface area contributed by atoms with Crippen molar-refractivity contribution < 1.29 is 13.2 Å². The first-order chi connectivity index (χ1) is 12.9. The lowest BCUT2D eigenvalue weighted by Gasteiger charge is -2.39. The van der Waals surface area contributed by atoms with Gasteiger partial charge in [-0.05, 0) is 30.2 Å². The summed E-state index contributed by atoms with van der Waals surface area (Å²) >= 11 is 0. The van der Waals surface area contributed by atoms with Crippen molar-refractivity contribution >= 4 is 15.5 Å². The summed E-state index contributed by atoms with van der Waals surface area (Å²) in [7, 11) is -3.24. The van der Waals surface area contributed by atoms with E-state index in [0.717, 1.165) is 50.6 Å². The van der Waals surface area contributed by atoms with Crippen LogP contribution in [0.3, 0.4) is 0 Å². The van der Waals surface area contributed by atoms with E-state index in [1.165, 1.54) is 23.6 Å². The first-order valence-electron chi connectivity index (χ1n) is 9.31. The number of rotatable bonds is 4. The first kappa shape index (κ1) is 18.3. The molecule has 144 valence electrons. The summed E-state index contributed by atoms with van der Waals surface area (Å²) in [4.78, 5) is 9.05. The number of nitrogens with zero attached hydrogens (tertiary/aromatic N) is 3. The Hall–Kier alpha value is -2.12. The third-order valence-electron chi connectivity index (χ3n) is 5.56. The van der Waals surface area contributed by atoms with Crippen LogP contribution in [0.2, 0.25) is 0 Å². The van der Waals surface area contributed by atoms with Crippen molar-refractivity contribution in [1.82, 2.24) is 9.88 Å². The standard InChI is InChI=1S/C20H25N3O3S/c1-15(17-4-3-16-5-10-26-20(16)11-17)22-6-8-23(9-7-22)18-12-19(14-21-13-18)27(2,24)25/h3-4,11-15H,5-10H2,1-2H3/t15-/m0/s1. The van der Waals surface area contributed by atoms with Gasteiger partial charge in [-0.3, -0.25) is 9.88 Å². The molecule has 1 saturated heterocycles. The van der Waals surface area contributed by atoms with Crippen LogP contribution in [-0.4, -0.2) is 57.3 Å². The molecule has 0 N–H and O–H groups in total. The lowest BCUT2D eigenvalue weighted by molar-refractivity contribution is 0.198. The molecule has 2 aliphatic rings. The smallest absolute Gasteiger partial charge is 0.177 e. The summed E-state index contributed by atoms with van der Waals surface area (Å²) in [5.74, 6) is 1.03. The Labute approximate surface area is 160 Å². The van der Waals surface area contributed by atoms with Crippen LogP contribution in [0, 0.1) is 0 Å². The SMILES string of the molecule is C[C@@H](c1ccc2c(c1)OCC2)N1CCN(c2cncc(S(C)(=O)=O)c2)CC1. The number of anilines is 1. The van der Waals surface area contributed by atoms with Gasteiger partial charge in [0, 0.05) is 51.1 Å². The van der Waals surface area contributed by atoms with Gasteiger partial charge in [0.25, 0.3) is 0 Å². The third-order valence-corrected chi connectivity index (χ3v) is 6.64. The van der Waals surface area contributed by atoms with Crippen LogP contribution in [0.25, 0.3) is 0 Å². The molecule has 1 fully saturated rings. The van der Waals surface area contributed by atoms with Crippen LogP contribution in [0.15, 0.2) is 41.6 Å². The second kappa shape index (κ2) is 7.13. The highest BCUT2D eigenvalue weighted by Crippen LogP contribution is 2.31. The number of ether oxygens (including phenoxy) is 1. The summed E-state index contributed by atoms with van der Waals surface area (Å²) in [5, 5.41) is 0. The Kier molecular flexibility index (Phi) is 4.82. The maximum absolute atomic E-state index is 11.8. The summed E-state index contributed by atoms with van der Waals surface area (Å²) < 4.78 is 29.2. The topological polar surface area (TPSA) is 62.7 Å². The lowest BCUT2D eigenvalue weighted by atomic mass is 10.0. The van der Waals surface area contributed by atoms with Crippen LogP contribution in [-0.2, 0) is 16.3 Å². The van der Waals surface area contributed by atoms with E-state index in [1.807, 2.05) is 0 Å². The van der Waals surface area contributed by atoms with E-state index in [4.69, 9.17) is 4.74 Å². The Balaban J connectivity index is 1.43. The van der Waals surface area contributed by atoms with E-state index in [2.05, 4.69) is 39.9 Å². The number of sulfone groups is 1. The molecule has 0 unspecified atom stereocenters. The number of hydrogen-bond acceptors (Lipinski definition) is 6. The fourth-order valence-electron chi connectivity index (χ4n) is 3.80. The minimum Gasteiger partial charge on any atom is -0.493 e. The number of pyridine rings is 1. The van der Waals surface area contributed by atoms with Gasteiger partial charge in [-0.15, -0.1) is 0 Å². The minimum atomic E-state index is -3.24. The largest absolute Gasteiger partial charge is 0.493 e. The van der Waals surface area contributed by atoms with Crippen LogP contribution in [0.5, 0.6) is 5.75 Å². The average molecular weight is 388 g/mol. The number of aromatic nitrogens is 1. The van der Waals surface area contributed by atoms with E-state index >= 15 is 0 Å². The lowest BCUT2D eigenvalue weighted by Crippen LogP contribution is -2.47. The van der Waals surface area contributed by atoms with Crippen LogP contribution in [0.4, 0.5) is 5.69 Å². The van der Waals surface area contributed by atoms with Gasteiger partial charge in [0.15, 0.2) is 9.84 Å². The number of hydrogen-bond donors (Lipinski definition) is 0. The molecule has 1 aromatic carbocycles. The van der Waals surface area contributed by atoms with Crippen molar-refractivity contribution in [3.05, 3.63) is 47.8 Å². The predicted molar refractivity (Wildman–Crippen MR) is 105 cm³/mol. The highest BCUT2D eigenvalue weighted by atomic mass is 32.2. The van der Waals surface area contributed by atoms with Gasteiger partial charge in [-0.2, -0.15) is 0 Å². The molecular formula is C20H25N3O3S. The molecular weight excluding hydrogens is 362 g/mol. The van der Waals surface area contributed by atoms with Gasteiger partial charge in [0.05, 0.1) is 23.4 Å². The van der Waals surface area contributed by atoms with E-state index in [9.17, 15) is 8.42 Å². The Morgan fingerprint density at radius 3 is 2.63 bits per heavy atom. The molecule has 4 rings (SSSR count). The van der Waals surface area contributed by atoms with Gasteiger partial charge in [0.2, 0.25) is 0 Å². The molecule has 0 radical (unpaired) electrons. The van der Waals surface area contributed by atoms with Gasteiger partial charge in [0.1, 0.15) is 5.75 Å². The van der Waals surface area contributed by atoms with Crippen molar-refractivity contribution in [2.24, 2.45) is 0 Å². The summed E-state index contributed by atoms with van der Waals surface area (Å²) in [6.45, 7) is 6.55. The fraction of sp³-hybridized carbons (Fsp3) is 0.450. The molecule has 0 spiro atoms. The van der Waals surface area contributed by atoms with Crippen molar-refractivity contribution in [2.75, 3.05) is 43.9 Å². The Morgan fingerprint density at radius 2 is 1.89 bits per heavy atom. The zero-order valence-corrected chi connectivity index (χ0v) is 16.6. The van der Waals surface area contributed by atoms with Gasteiger partial charge >= 0.3 is 0 Å². The molecule has 2 aromatic rings. The van der Waals surface area contributed by atoms with Crippen molar-refractivity contribution in [2.45, 2.75) is 24.3 Å². The highest BCUT2D eigenvalue weighted by molar-refractivity contribution is 7.90. The summed E-state index contributed by atoms with van der Waals surface area (Å²) in [5.41, 5.74) is 3.45. The van der Waals surface area contributed by atoms with E-state index < -0.39 is 9.84 Å².